The van der Waals surface area contributed by atoms with Gasteiger partial charge in [0.15, 0.2) is 0 Å². The van der Waals surface area contributed by atoms with Crippen molar-refractivity contribution in [1.82, 2.24) is 15.2 Å². The second kappa shape index (κ2) is 10.1. The lowest BCUT2D eigenvalue weighted by atomic mass is 10.1. The van der Waals surface area contributed by atoms with Gasteiger partial charge in [-0.15, -0.1) is 0 Å². The third-order valence-corrected chi connectivity index (χ3v) is 6.18. The molecule has 2 N–H and O–H groups in total. The Morgan fingerprint density at radius 1 is 1.10 bits per heavy atom. The van der Waals surface area contributed by atoms with Gasteiger partial charge >= 0.3 is 0 Å². The number of hydrogen-bond acceptors (Lipinski definition) is 4. The first-order valence-corrected chi connectivity index (χ1v) is 11.4. The van der Waals surface area contributed by atoms with Crippen LogP contribution in [0.3, 0.4) is 0 Å². The summed E-state index contributed by atoms with van der Waals surface area (Å²) in [7, 11) is 1.60. The SMILES string of the molecule is CNC(=O)c1ccc(-c2cc(NCCCN3CCCCC3)c3ccccc3n2)cc1Cl. The number of piperidine rings is 1. The van der Waals surface area contributed by atoms with Crippen molar-refractivity contribution in [3.05, 3.63) is 59.1 Å². The van der Waals surface area contributed by atoms with Crippen LogP contribution >= 0.6 is 11.6 Å². The van der Waals surface area contributed by atoms with Gasteiger partial charge in [-0.25, -0.2) is 4.98 Å². The van der Waals surface area contributed by atoms with Crippen molar-refractivity contribution in [2.75, 3.05) is 38.5 Å². The molecule has 0 atom stereocenters. The molecule has 1 aromatic heterocycles. The van der Waals surface area contributed by atoms with Crippen LogP contribution in [0.4, 0.5) is 5.69 Å². The average Bonchev–Trinajstić information content (AvgIpc) is 2.81. The topological polar surface area (TPSA) is 57.3 Å². The lowest BCUT2D eigenvalue weighted by Crippen LogP contribution is -2.31. The molecule has 2 heterocycles. The molecule has 3 aromatic rings. The van der Waals surface area contributed by atoms with Crippen molar-refractivity contribution in [3.8, 4) is 11.3 Å². The summed E-state index contributed by atoms with van der Waals surface area (Å²) in [5, 5.41) is 7.77. The molecule has 5 nitrogen and oxygen atoms in total. The predicted molar refractivity (Wildman–Crippen MR) is 129 cm³/mol. The summed E-state index contributed by atoms with van der Waals surface area (Å²) < 4.78 is 0. The molecule has 0 saturated carbocycles. The first kappa shape index (κ1) is 21.6. The Morgan fingerprint density at radius 2 is 1.90 bits per heavy atom. The van der Waals surface area contributed by atoms with E-state index in [1.54, 1.807) is 13.1 Å². The van der Waals surface area contributed by atoms with Crippen LogP contribution in [0.25, 0.3) is 22.2 Å². The molecule has 31 heavy (non-hydrogen) atoms. The molecule has 1 amide bonds. The van der Waals surface area contributed by atoms with Gasteiger partial charge in [0.25, 0.3) is 5.91 Å². The van der Waals surface area contributed by atoms with E-state index in [2.05, 4.69) is 27.7 Å². The van der Waals surface area contributed by atoms with E-state index < -0.39 is 0 Å². The maximum atomic E-state index is 11.9. The zero-order valence-electron chi connectivity index (χ0n) is 18.0. The van der Waals surface area contributed by atoms with Crippen LogP contribution in [0.15, 0.2) is 48.5 Å². The van der Waals surface area contributed by atoms with Gasteiger partial charge in [0.2, 0.25) is 0 Å². The molecule has 1 saturated heterocycles. The van der Waals surface area contributed by atoms with E-state index in [9.17, 15) is 4.79 Å². The number of halogens is 1. The van der Waals surface area contributed by atoms with Crippen LogP contribution < -0.4 is 10.6 Å². The second-order valence-electron chi connectivity index (χ2n) is 8.03. The van der Waals surface area contributed by atoms with Gasteiger partial charge in [0.05, 0.1) is 21.8 Å². The number of aromatic nitrogens is 1. The zero-order chi connectivity index (χ0) is 21.6. The fraction of sp³-hybridized carbons (Fsp3) is 0.360. The van der Waals surface area contributed by atoms with Crippen molar-refractivity contribution in [2.24, 2.45) is 0 Å². The highest BCUT2D eigenvalue weighted by atomic mass is 35.5. The summed E-state index contributed by atoms with van der Waals surface area (Å²) in [6, 6.07) is 15.7. The summed E-state index contributed by atoms with van der Waals surface area (Å²) in [6.07, 6.45) is 5.13. The monoisotopic (exact) mass is 436 g/mol. The van der Waals surface area contributed by atoms with E-state index in [0.29, 0.717) is 10.6 Å². The summed E-state index contributed by atoms with van der Waals surface area (Å²) >= 11 is 6.38. The van der Waals surface area contributed by atoms with Crippen LogP contribution in [0.2, 0.25) is 5.02 Å². The first-order chi connectivity index (χ1) is 15.2. The fourth-order valence-corrected chi connectivity index (χ4v) is 4.44. The predicted octanol–water partition coefficient (Wildman–Crippen LogP) is 5.20. The third kappa shape index (κ3) is 5.17. The van der Waals surface area contributed by atoms with Crippen LogP contribution in [-0.2, 0) is 0 Å². The standard InChI is InChI=1S/C25H29ClN4O/c1-27-25(31)19-11-10-18(16-21(19)26)23-17-24(20-8-3-4-9-22(20)29-23)28-12-7-15-30-13-5-2-6-14-30/h3-4,8-11,16-17H,2,5-7,12-15H2,1H3,(H,27,31)(H,28,29). The van der Waals surface area contributed by atoms with Crippen molar-refractivity contribution >= 4 is 34.1 Å². The largest absolute Gasteiger partial charge is 0.384 e. The Labute approximate surface area is 188 Å². The van der Waals surface area contributed by atoms with E-state index in [-0.39, 0.29) is 5.91 Å². The molecule has 1 aliphatic heterocycles. The van der Waals surface area contributed by atoms with E-state index >= 15 is 0 Å². The smallest absolute Gasteiger partial charge is 0.252 e. The maximum absolute atomic E-state index is 11.9. The van der Waals surface area contributed by atoms with Gasteiger partial charge in [0.1, 0.15) is 0 Å². The van der Waals surface area contributed by atoms with Crippen molar-refractivity contribution in [2.45, 2.75) is 25.7 Å². The van der Waals surface area contributed by atoms with Gasteiger partial charge in [-0.2, -0.15) is 0 Å². The van der Waals surface area contributed by atoms with Crippen LogP contribution in [0, 0.1) is 0 Å². The molecule has 0 bridgehead atoms. The molecule has 0 unspecified atom stereocenters. The lowest BCUT2D eigenvalue weighted by molar-refractivity contribution is 0.0963. The molecule has 1 aliphatic rings. The number of pyridine rings is 1. The number of rotatable bonds is 7. The normalized spacial score (nSPS) is 14.5. The van der Waals surface area contributed by atoms with Gasteiger partial charge < -0.3 is 15.5 Å². The average molecular weight is 437 g/mol. The summed E-state index contributed by atoms with van der Waals surface area (Å²) in [6.45, 7) is 4.52. The number of likely N-dealkylation sites (tertiary alicyclic amines) is 1. The van der Waals surface area contributed by atoms with Gasteiger partial charge in [0, 0.05) is 30.2 Å². The minimum Gasteiger partial charge on any atom is -0.384 e. The lowest BCUT2D eigenvalue weighted by Gasteiger charge is -2.26. The Hall–Kier alpha value is -2.63. The number of anilines is 1. The highest BCUT2D eigenvalue weighted by Gasteiger charge is 2.13. The van der Waals surface area contributed by atoms with Crippen molar-refractivity contribution in [1.29, 1.82) is 0 Å². The fourth-order valence-electron chi connectivity index (χ4n) is 4.17. The molecule has 162 valence electrons. The molecular weight excluding hydrogens is 408 g/mol. The summed E-state index contributed by atoms with van der Waals surface area (Å²) in [5.74, 6) is -0.195. The first-order valence-electron chi connectivity index (χ1n) is 11.0. The molecule has 0 aliphatic carbocycles. The molecule has 0 radical (unpaired) electrons. The zero-order valence-corrected chi connectivity index (χ0v) is 18.7. The number of benzene rings is 2. The van der Waals surface area contributed by atoms with Crippen molar-refractivity contribution in [3.63, 3.8) is 0 Å². The van der Waals surface area contributed by atoms with Crippen LogP contribution in [0.1, 0.15) is 36.0 Å². The van der Waals surface area contributed by atoms with Gasteiger partial charge in [-0.1, -0.05) is 42.3 Å². The number of amides is 1. The van der Waals surface area contributed by atoms with Crippen molar-refractivity contribution < 1.29 is 4.79 Å². The quantitative estimate of drug-likeness (QED) is 0.499. The molecule has 1 fully saturated rings. The number of nitrogens with one attached hydrogen (secondary N) is 2. The summed E-state index contributed by atoms with van der Waals surface area (Å²) in [4.78, 5) is 19.4. The number of nitrogens with zero attached hydrogens (tertiary/aromatic N) is 2. The third-order valence-electron chi connectivity index (χ3n) is 5.87. The number of fused-ring (bicyclic) bond motifs is 1. The van der Waals surface area contributed by atoms with Gasteiger partial charge in [-0.3, -0.25) is 4.79 Å². The molecule has 4 rings (SSSR count). The van der Waals surface area contributed by atoms with Gasteiger partial charge in [-0.05, 0) is 63.2 Å². The van der Waals surface area contributed by atoms with E-state index in [4.69, 9.17) is 16.6 Å². The summed E-state index contributed by atoms with van der Waals surface area (Å²) in [5.41, 5.74) is 4.20. The number of carbonyl (C=O) groups excluding carboxylic acids is 1. The van der Waals surface area contributed by atoms with Crippen LogP contribution in [-0.4, -0.2) is 49.0 Å². The van der Waals surface area contributed by atoms with E-state index in [0.717, 1.165) is 47.4 Å². The Kier molecular flexibility index (Phi) is 7.05. The van der Waals surface area contributed by atoms with E-state index in [1.165, 1.54) is 32.4 Å². The minimum atomic E-state index is -0.195. The Balaban J connectivity index is 1.55. The second-order valence-corrected chi connectivity index (χ2v) is 8.44. The number of hydrogen-bond donors (Lipinski definition) is 2. The Bertz CT molecular complexity index is 1060. The molecule has 2 aromatic carbocycles. The maximum Gasteiger partial charge on any atom is 0.252 e. The number of carbonyl (C=O) groups is 1. The minimum absolute atomic E-state index is 0.195. The van der Waals surface area contributed by atoms with Crippen LogP contribution in [0.5, 0.6) is 0 Å². The highest BCUT2D eigenvalue weighted by Crippen LogP contribution is 2.30. The van der Waals surface area contributed by atoms with E-state index in [1.807, 2.05) is 30.3 Å². The highest BCUT2D eigenvalue weighted by molar-refractivity contribution is 6.34. The number of para-hydroxylation sites is 1. The molecule has 6 heteroatoms. The molecule has 0 spiro atoms. The molecular formula is C25H29ClN4O. The Morgan fingerprint density at radius 3 is 2.68 bits per heavy atom.